The number of hydrogen-bond acceptors (Lipinski definition) is 4. The molecule has 1 aliphatic carbocycles. The summed E-state index contributed by atoms with van der Waals surface area (Å²) in [7, 11) is 0. The minimum absolute atomic E-state index is 0.0529. The third kappa shape index (κ3) is 2.35. The number of halogens is 1. The molecule has 5 nitrogen and oxygen atoms in total. The first-order chi connectivity index (χ1) is 9.70. The molecule has 1 saturated carbocycles. The Labute approximate surface area is 123 Å². The largest absolute Gasteiger partial charge is 0.340 e. The number of carbonyl (C=O) groups is 1. The lowest BCUT2D eigenvalue weighted by molar-refractivity contribution is -0.118. The summed E-state index contributed by atoms with van der Waals surface area (Å²) in [6.07, 6.45) is 8.08. The summed E-state index contributed by atoms with van der Waals surface area (Å²) in [4.78, 5) is 22.9. The van der Waals surface area contributed by atoms with E-state index in [9.17, 15) is 4.79 Å². The summed E-state index contributed by atoms with van der Waals surface area (Å²) in [6, 6.07) is 0.254. The van der Waals surface area contributed by atoms with Gasteiger partial charge in [0.2, 0.25) is 11.2 Å². The summed E-state index contributed by atoms with van der Waals surface area (Å²) < 4.78 is 0. The van der Waals surface area contributed by atoms with Crippen LogP contribution in [0.5, 0.6) is 0 Å². The molecule has 1 atom stereocenters. The van der Waals surface area contributed by atoms with Crippen LogP contribution in [0.2, 0.25) is 5.28 Å². The maximum Gasteiger partial charge on any atom is 0.247 e. The Morgan fingerprint density at radius 3 is 2.90 bits per heavy atom. The van der Waals surface area contributed by atoms with Crippen LogP contribution >= 0.6 is 11.6 Å². The molecule has 2 heterocycles. The van der Waals surface area contributed by atoms with Crippen molar-refractivity contribution in [1.82, 2.24) is 9.97 Å². The van der Waals surface area contributed by atoms with Crippen molar-refractivity contribution in [3.8, 4) is 0 Å². The predicted octanol–water partition coefficient (Wildman–Crippen LogP) is 3.00. The maximum absolute atomic E-state index is 12.4. The first-order valence-corrected chi connectivity index (χ1v) is 7.70. The first-order valence-electron chi connectivity index (χ1n) is 7.32. The Morgan fingerprint density at radius 1 is 1.45 bits per heavy atom. The van der Waals surface area contributed by atoms with Gasteiger partial charge >= 0.3 is 0 Å². The first kappa shape index (κ1) is 13.6. The standard InChI is InChI=1S/C14H19ClN4O/c1-2-5-11-13(20)17-10-8-16-14(15)18-12(10)19(11)9-6-3-4-7-9/h8-9,11H,2-7H2,1H3,(H,17,20)/t11-/m1/s1. The van der Waals surface area contributed by atoms with Gasteiger partial charge in [-0.2, -0.15) is 4.98 Å². The second-order valence-corrected chi connectivity index (χ2v) is 5.85. The van der Waals surface area contributed by atoms with Gasteiger partial charge in [-0.05, 0) is 30.9 Å². The quantitative estimate of drug-likeness (QED) is 0.871. The highest BCUT2D eigenvalue weighted by atomic mass is 35.5. The highest BCUT2D eigenvalue weighted by molar-refractivity contribution is 6.28. The topological polar surface area (TPSA) is 58.1 Å². The second-order valence-electron chi connectivity index (χ2n) is 5.52. The average molecular weight is 295 g/mol. The fourth-order valence-corrected chi connectivity index (χ4v) is 3.41. The van der Waals surface area contributed by atoms with E-state index in [0.717, 1.165) is 31.5 Å². The fraction of sp³-hybridized carbons (Fsp3) is 0.643. The van der Waals surface area contributed by atoms with E-state index in [1.54, 1.807) is 6.20 Å². The van der Waals surface area contributed by atoms with Crippen LogP contribution in [0.15, 0.2) is 6.20 Å². The maximum atomic E-state index is 12.4. The highest BCUT2D eigenvalue weighted by Crippen LogP contribution is 2.37. The zero-order valence-electron chi connectivity index (χ0n) is 11.6. The van der Waals surface area contributed by atoms with E-state index in [1.807, 2.05) is 0 Å². The van der Waals surface area contributed by atoms with Crippen LogP contribution in [0.3, 0.4) is 0 Å². The molecule has 0 saturated heterocycles. The SMILES string of the molecule is CCC[C@@H]1C(=O)Nc2cnc(Cl)nc2N1C1CCCC1. The minimum Gasteiger partial charge on any atom is -0.340 e. The van der Waals surface area contributed by atoms with Crippen LogP contribution in [-0.2, 0) is 4.79 Å². The summed E-state index contributed by atoms with van der Waals surface area (Å²) in [5.41, 5.74) is 0.679. The van der Waals surface area contributed by atoms with Crippen molar-refractivity contribution in [1.29, 1.82) is 0 Å². The molecule has 1 aromatic heterocycles. The van der Waals surface area contributed by atoms with E-state index in [1.165, 1.54) is 12.8 Å². The monoisotopic (exact) mass is 294 g/mol. The highest BCUT2D eigenvalue weighted by Gasteiger charge is 2.38. The molecule has 1 N–H and O–H groups in total. The van der Waals surface area contributed by atoms with Crippen LogP contribution in [0, 0.1) is 0 Å². The van der Waals surface area contributed by atoms with Gasteiger partial charge in [0.25, 0.3) is 0 Å². The molecule has 3 rings (SSSR count). The number of anilines is 2. The van der Waals surface area contributed by atoms with Gasteiger partial charge in [0.1, 0.15) is 11.7 Å². The van der Waals surface area contributed by atoms with Crippen molar-refractivity contribution < 1.29 is 4.79 Å². The molecular formula is C14H19ClN4O. The van der Waals surface area contributed by atoms with Crippen LogP contribution in [-0.4, -0.2) is 28.0 Å². The van der Waals surface area contributed by atoms with Crippen LogP contribution in [0.4, 0.5) is 11.5 Å². The van der Waals surface area contributed by atoms with Crippen LogP contribution in [0.25, 0.3) is 0 Å². The normalized spacial score (nSPS) is 22.8. The third-order valence-electron chi connectivity index (χ3n) is 4.16. The Kier molecular flexibility index (Phi) is 3.78. The van der Waals surface area contributed by atoms with Gasteiger partial charge in [0, 0.05) is 6.04 Å². The molecule has 0 aromatic carbocycles. The van der Waals surface area contributed by atoms with Crippen LogP contribution in [0.1, 0.15) is 45.4 Å². The van der Waals surface area contributed by atoms with Crippen molar-refractivity contribution in [2.75, 3.05) is 10.2 Å². The van der Waals surface area contributed by atoms with Gasteiger partial charge in [0.05, 0.1) is 6.20 Å². The minimum atomic E-state index is -0.137. The molecule has 108 valence electrons. The van der Waals surface area contributed by atoms with Gasteiger partial charge < -0.3 is 10.2 Å². The third-order valence-corrected chi connectivity index (χ3v) is 4.34. The number of amides is 1. The van der Waals surface area contributed by atoms with Gasteiger partial charge in [-0.3, -0.25) is 4.79 Å². The molecule has 0 spiro atoms. The van der Waals surface area contributed by atoms with Gasteiger partial charge in [-0.15, -0.1) is 0 Å². The smallest absolute Gasteiger partial charge is 0.247 e. The molecule has 1 amide bonds. The van der Waals surface area contributed by atoms with Crippen LogP contribution < -0.4 is 10.2 Å². The number of nitrogens with one attached hydrogen (secondary N) is 1. The van der Waals surface area contributed by atoms with Crippen molar-refractivity contribution in [2.24, 2.45) is 0 Å². The molecule has 2 aliphatic rings. The van der Waals surface area contributed by atoms with E-state index >= 15 is 0 Å². The van der Waals surface area contributed by atoms with Gasteiger partial charge in [0.15, 0.2) is 5.82 Å². The molecular weight excluding hydrogens is 276 g/mol. The average Bonchev–Trinajstić information content (AvgIpc) is 2.94. The van der Waals surface area contributed by atoms with E-state index in [-0.39, 0.29) is 17.2 Å². The summed E-state index contributed by atoms with van der Waals surface area (Å²) in [5, 5.41) is 3.15. The number of nitrogens with zero attached hydrogens (tertiary/aromatic N) is 3. The van der Waals surface area contributed by atoms with E-state index < -0.39 is 0 Å². The number of fused-ring (bicyclic) bond motifs is 1. The molecule has 1 aromatic rings. The Morgan fingerprint density at radius 2 is 2.20 bits per heavy atom. The van der Waals surface area contributed by atoms with E-state index in [2.05, 4.69) is 27.1 Å². The molecule has 6 heteroatoms. The number of hydrogen-bond donors (Lipinski definition) is 1. The van der Waals surface area contributed by atoms with Crippen molar-refractivity contribution in [3.05, 3.63) is 11.5 Å². The summed E-state index contributed by atoms with van der Waals surface area (Å²) in [6.45, 7) is 2.10. The Bertz CT molecular complexity index is 516. The molecule has 0 unspecified atom stereocenters. The van der Waals surface area contributed by atoms with Crippen molar-refractivity contribution >= 4 is 29.0 Å². The molecule has 20 heavy (non-hydrogen) atoms. The van der Waals surface area contributed by atoms with Crippen molar-refractivity contribution in [2.45, 2.75) is 57.5 Å². The zero-order chi connectivity index (χ0) is 14.1. The zero-order valence-corrected chi connectivity index (χ0v) is 12.4. The molecule has 0 bridgehead atoms. The Hall–Kier alpha value is -1.36. The molecule has 1 aliphatic heterocycles. The lowest BCUT2D eigenvalue weighted by Crippen LogP contribution is -2.52. The van der Waals surface area contributed by atoms with Crippen molar-refractivity contribution in [3.63, 3.8) is 0 Å². The number of rotatable bonds is 3. The lowest BCUT2D eigenvalue weighted by Gasteiger charge is -2.40. The second kappa shape index (κ2) is 5.56. The molecule has 0 radical (unpaired) electrons. The lowest BCUT2D eigenvalue weighted by atomic mass is 10.0. The summed E-state index contributed by atoms with van der Waals surface area (Å²) >= 11 is 5.95. The van der Waals surface area contributed by atoms with Gasteiger partial charge in [-0.25, -0.2) is 4.98 Å². The number of carbonyl (C=O) groups excluding carboxylic acids is 1. The fourth-order valence-electron chi connectivity index (χ4n) is 3.28. The van der Waals surface area contributed by atoms with E-state index in [4.69, 9.17) is 11.6 Å². The number of aromatic nitrogens is 2. The predicted molar refractivity (Wildman–Crippen MR) is 79.1 cm³/mol. The summed E-state index contributed by atoms with van der Waals surface area (Å²) in [5.74, 6) is 0.840. The van der Waals surface area contributed by atoms with Gasteiger partial charge in [-0.1, -0.05) is 26.2 Å². The molecule has 1 fully saturated rings. The Balaban J connectivity index is 2.03. The van der Waals surface area contributed by atoms with E-state index in [0.29, 0.717) is 11.7 Å².